The van der Waals surface area contributed by atoms with Gasteiger partial charge in [-0.1, -0.05) is 25.7 Å². The van der Waals surface area contributed by atoms with E-state index in [0.717, 1.165) is 6.42 Å². The molecule has 1 aliphatic heterocycles. The monoisotopic (exact) mass is 301 g/mol. The molecule has 0 radical (unpaired) electrons. The number of anilines is 2. The van der Waals surface area contributed by atoms with Crippen LogP contribution in [-0.4, -0.2) is 16.6 Å². The number of hydrogen-bond acceptors (Lipinski definition) is 4. The van der Waals surface area contributed by atoms with Gasteiger partial charge >= 0.3 is 0 Å². The minimum atomic E-state index is -0.385. The number of aromatic nitrogens is 1. The number of allylic oxidation sites excluding steroid dienone is 1. The van der Waals surface area contributed by atoms with Gasteiger partial charge in [0.25, 0.3) is 0 Å². The van der Waals surface area contributed by atoms with Crippen LogP contribution in [0.4, 0.5) is 16.0 Å². The Bertz CT molecular complexity index is 681. The molecule has 3 rings (SSSR count). The van der Waals surface area contributed by atoms with Crippen molar-refractivity contribution >= 4 is 11.6 Å². The number of aliphatic hydroxyl groups is 1. The lowest BCUT2D eigenvalue weighted by molar-refractivity contribution is 0.423. The summed E-state index contributed by atoms with van der Waals surface area (Å²) in [7, 11) is 0. The molecule has 0 saturated heterocycles. The number of nitrogens with one attached hydrogen (secondary N) is 2. The van der Waals surface area contributed by atoms with Gasteiger partial charge < -0.3 is 15.7 Å². The molecule has 5 heteroatoms. The van der Waals surface area contributed by atoms with Gasteiger partial charge in [-0.3, -0.25) is 0 Å². The van der Waals surface area contributed by atoms with Crippen molar-refractivity contribution in [3.8, 4) is 0 Å². The third-order valence-corrected chi connectivity index (χ3v) is 4.45. The predicted octanol–water partition coefficient (Wildman–Crippen LogP) is 3.77. The molecule has 1 saturated carbocycles. The summed E-state index contributed by atoms with van der Waals surface area (Å²) in [5, 5.41) is 15.5. The smallest absolute Gasteiger partial charge is 0.165 e. The first-order chi connectivity index (χ1) is 10.5. The Kier molecular flexibility index (Phi) is 3.64. The minimum Gasteiger partial charge on any atom is -0.508 e. The van der Waals surface area contributed by atoms with Gasteiger partial charge in [0.15, 0.2) is 11.6 Å². The average Bonchev–Trinajstić information content (AvgIpc) is 3.13. The van der Waals surface area contributed by atoms with E-state index in [-0.39, 0.29) is 17.4 Å². The Labute approximate surface area is 129 Å². The molecule has 1 aromatic heterocycles. The first kappa shape index (κ1) is 14.6. The fourth-order valence-corrected chi connectivity index (χ4v) is 2.98. The molecule has 3 N–H and O–H groups in total. The number of rotatable bonds is 5. The van der Waals surface area contributed by atoms with Gasteiger partial charge in [-0.15, -0.1) is 0 Å². The molecule has 116 valence electrons. The molecule has 1 aliphatic carbocycles. The summed E-state index contributed by atoms with van der Waals surface area (Å²) in [6.07, 6.45) is 3.14. The zero-order chi connectivity index (χ0) is 15.9. The number of nitrogens with zero attached hydrogens (tertiary/aromatic N) is 1. The number of halogens is 1. The van der Waals surface area contributed by atoms with Crippen LogP contribution < -0.4 is 10.6 Å². The van der Waals surface area contributed by atoms with Crippen molar-refractivity contribution in [2.24, 2.45) is 11.8 Å². The summed E-state index contributed by atoms with van der Waals surface area (Å²) in [5.74, 6) is 1.42. The highest BCUT2D eigenvalue weighted by molar-refractivity contribution is 5.59. The molecular weight excluding hydrogens is 281 g/mol. The molecule has 0 bridgehead atoms. The van der Waals surface area contributed by atoms with Crippen LogP contribution in [0, 0.1) is 17.7 Å². The fourth-order valence-electron chi connectivity index (χ4n) is 2.98. The highest BCUT2D eigenvalue weighted by Crippen LogP contribution is 2.46. The van der Waals surface area contributed by atoms with Crippen molar-refractivity contribution in [3.63, 3.8) is 0 Å². The topological polar surface area (TPSA) is 57.2 Å². The number of aliphatic hydroxyl groups excluding tert-OH is 1. The van der Waals surface area contributed by atoms with Gasteiger partial charge in [-0.2, -0.15) is 0 Å². The molecule has 0 spiro atoms. The maximum atomic E-state index is 14.2. The van der Waals surface area contributed by atoms with E-state index < -0.39 is 0 Å². The van der Waals surface area contributed by atoms with E-state index in [1.807, 2.05) is 0 Å². The summed E-state index contributed by atoms with van der Waals surface area (Å²) < 4.78 is 14.2. The van der Waals surface area contributed by atoms with Crippen molar-refractivity contribution < 1.29 is 9.50 Å². The van der Waals surface area contributed by atoms with Crippen molar-refractivity contribution in [1.29, 1.82) is 0 Å². The minimum absolute atomic E-state index is 0.0152. The van der Waals surface area contributed by atoms with E-state index in [4.69, 9.17) is 0 Å². The lowest BCUT2D eigenvalue weighted by atomic mass is 10.0. The number of fused-ring (bicyclic) bond motifs is 1. The van der Waals surface area contributed by atoms with Crippen LogP contribution in [0.3, 0.4) is 0 Å². The van der Waals surface area contributed by atoms with Crippen molar-refractivity contribution in [2.45, 2.75) is 19.8 Å². The summed E-state index contributed by atoms with van der Waals surface area (Å²) in [6.45, 7) is 10.3. The SMILES string of the molecule is C=C(O)C1=CNc2nc(NC[C@H]3C(=C)C3CC)c(F)cc2C1. The highest BCUT2D eigenvalue weighted by Gasteiger charge is 2.40. The second-order valence-electron chi connectivity index (χ2n) is 5.84. The van der Waals surface area contributed by atoms with Crippen LogP contribution in [0.25, 0.3) is 0 Å². The maximum Gasteiger partial charge on any atom is 0.165 e. The van der Waals surface area contributed by atoms with Gasteiger partial charge in [0, 0.05) is 36.2 Å². The van der Waals surface area contributed by atoms with E-state index in [1.165, 1.54) is 11.6 Å². The molecule has 1 fully saturated rings. The van der Waals surface area contributed by atoms with Crippen molar-refractivity contribution in [1.82, 2.24) is 4.98 Å². The van der Waals surface area contributed by atoms with Crippen LogP contribution in [-0.2, 0) is 6.42 Å². The van der Waals surface area contributed by atoms with Crippen LogP contribution in [0.15, 0.2) is 42.3 Å². The highest BCUT2D eigenvalue weighted by atomic mass is 19.1. The quantitative estimate of drug-likeness (QED) is 0.572. The van der Waals surface area contributed by atoms with Crippen LogP contribution >= 0.6 is 0 Å². The van der Waals surface area contributed by atoms with Gasteiger partial charge in [-0.25, -0.2) is 9.37 Å². The Balaban J connectivity index is 1.72. The van der Waals surface area contributed by atoms with E-state index >= 15 is 0 Å². The third kappa shape index (κ3) is 2.58. The summed E-state index contributed by atoms with van der Waals surface area (Å²) in [6, 6.07) is 1.45. The number of pyridine rings is 1. The van der Waals surface area contributed by atoms with E-state index in [1.54, 1.807) is 6.20 Å². The van der Waals surface area contributed by atoms with E-state index in [9.17, 15) is 9.50 Å². The first-order valence-corrected chi connectivity index (χ1v) is 7.47. The molecule has 22 heavy (non-hydrogen) atoms. The van der Waals surface area contributed by atoms with E-state index in [0.29, 0.717) is 41.8 Å². The van der Waals surface area contributed by atoms with Crippen LogP contribution in [0.5, 0.6) is 0 Å². The Morgan fingerprint density at radius 2 is 2.32 bits per heavy atom. The first-order valence-electron chi connectivity index (χ1n) is 7.47. The van der Waals surface area contributed by atoms with Gasteiger partial charge in [0.05, 0.1) is 0 Å². The molecule has 1 unspecified atom stereocenters. The number of hydrogen-bond donors (Lipinski definition) is 3. The van der Waals surface area contributed by atoms with Gasteiger partial charge in [0.1, 0.15) is 11.6 Å². The lowest BCUT2D eigenvalue weighted by Gasteiger charge is -2.18. The summed E-state index contributed by atoms with van der Waals surface area (Å²) in [4.78, 5) is 4.30. The summed E-state index contributed by atoms with van der Waals surface area (Å²) >= 11 is 0. The standard InChI is InChI=1S/C17H20FN3O/c1-4-13-9(2)14(13)8-20-17-15(18)6-11-5-12(10(3)22)7-19-16(11)21-17/h6-7,13-14,22H,2-5,8H2,1H3,(H2,19,20,21)/t13?,14-/m0/s1. The Morgan fingerprint density at radius 1 is 1.55 bits per heavy atom. The average molecular weight is 301 g/mol. The molecular formula is C17H20FN3O. The molecule has 4 nitrogen and oxygen atoms in total. The molecule has 0 amide bonds. The van der Waals surface area contributed by atoms with Crippen LogP contribution in [0.2, 0.25) is 0 Å². The summed E-state index contributed by atoms with van der Waals surface area (Å²) in [5.41, 5.74) is 2.58. The van der Waals surface area contributed by atoms with E-state index in [2.05, 4.69) is 35.7 Å². The molecule has 2 heterocycles. The zero-order valence-electron chi connectivity index (χ0n) is 12.6. The van der Waals surface area contributed by atoms with Gasteiger partial charge in [0.2, 0.25) is 0 Å². The predicted molar refractivity (Wildman–Crippen MR) is 86.3 cm³/mol. The molecule has 2 aliphatic rings. The molecule has 1 aromatic rings. The zero-order valence-corrected chi connectivity index (χ0v) is 12.6. The van der Waals surface area contributed by atoms with Crippen LogP contribution in [0.1, 0.15) is 18.9 Å². The largest absolute Gasteiger partial charge is 0.508 e. The fraction of sp³-hybridized carbons (Fsp3) is 0.353. The molecule has 2 atom stereocenters. The van der Waals surface area contributed by atoms with Crippen molar-refractivity contribution in [2.75, 3.05) is 17.2 Å². The second kappa shape index (κ2) is 5.48. The second-order valence-corrected chi connectivity index (χ2v) is 5.84. The Morgan fingerprint density at radius 3 is 2.95 bits per heavy atom. The lowest BCUT2D eigenvalue weighted by Crippen LogP contribution is -2.13. The Hall–Kier alpha value is -2.30. The maximum absolute atomic E-state index is 14.2. The van der Waals surface area contributed by atoms with Gasteiger partial charge in [-0.05, 0) is 18.4 Å². The molecule has 0 aromatic carbocycles. The van der Waals surface area contributed by atoms with Crippen molar-refractivity contribution in [3.05, 3.63) is 53.7 Å². The normalized spacial score (nSPS) is 22.5. The third-order valence-electron chi connectivity index (χ3n) is 4.45.